The molecular formula is C16H27ClN4. The molecule has 0 saturated heterocycles. The average Bonchev–Trinajstić information content (AvgIpc) is 2.43. The van der Waals surface area contributed by atoms with Crippen molar-refractivity contribution in [2.45, 2.75) is 32.9 Å². The number of likely N-dealkylation sites (N-methyl/N-ethyl adjacent to an activating group) is 1. The smallest absolute Gasteiger partial charge is 0.191 e. The van der Waals surface area contributed by atoms with Gasteiger partial charge in [-0.15, -0.1) is 0 Å². The first-order valence-electron chi connectivity index (χ1n) is 7.29. The van der Waals surface area contributed by atoms with E-state index in [-0.39, 0.29) is 5.54 Å². The molecule has 0 saturated carbocycles. The van der Waals surface area contributed by atoms with Crippen LogP contribution < -0.4 is 10.6 Å². The van der Waals surface area contributed by atoms with Crippen molar-refractivity contribution in [2.24, 2.45) is 4.99 Å². The highest BCUT2D eigenvalue weighted by Gasteiger charge is 2.20. The summed E-state index contributed by atoms with van der Waals surface area (Å²) in [5.74, 6) is 0.836. The molecule has 0 amide bonds. The predicted octanol–water partition coefficient (Wildman–Crippen LogP) is 2.74. The van der Waals surface area contributed by atoms with Crippen molar-refractivity contribution in [1.29, 1.82) is 0 Å². The summed E-state index contributed by atoms with van der Waals surface area (Å²) < 4.78 is 0. The van der Waals surface area contributed by atoms with Crippen LogP contribution in [-0.4, -0.2) is 43.6 Å². The lowest BCUT2D eigenvalue weighted by atomic mass is 10.0. The quantitative estimate of drug-likeness (QED) is 0.627. The van der Waals surface area contributed by atoms with Crippen LogP contribution in [0.15, 0.2) is 29.3 Å². The molecule has 0 atom stereocenters. The molecule has 0 aromatic heterocycles. The summed E-state index contributed by atoms with van der Waals surface area (Å²) in [6, 6.07) is 7.78. The Balaban J connectivity index is 2.63. The Morgan fingerprint density at radius 1 is 1.19 bits per heavy atom. The molecule has 0 aliphatic rings. The first-order valence-corrected chi connectivity index (χ1v) is 7.67. The summed E-state index contributed by atoms with van der Waals surface area (Å²) >= 11 is 5.89. The molecule has 1 aromatic rings. The van der Waals surface area contributed by atoms with Crippen LogP contribution in [0, 0.1) is 0 Å². The van der Waals surface area contributed by atoms with Gasteiger partial charge in [0.15, 0.2) is 5.96 Å². The lowest BCUT2D eigenvalue weighted by Crippen LogP contribution is -2.50. The third-order valence-corrected chi connectivity index (χ3v) is 3.83. The van der Waals surface area contributed by atoms with Crippen LogP contribution in [0.4, 0.5) is 0 Å². The number of halogens is 1. The Hall–Kier alpha value is -1.26. The highest BCUT2D eigenvalue weighted by molar-refractivity contribution is 6.30. The molecule has 0 aliphatic heterocycles. The molecule has 1 aromatic carbocycles. The fourth-order valence-corrected chi connectivity index (χ4v) is 1.69. The maximum atomic E-state index is 5.89. The van der Waals surface area contributed by atoms with E-state index in [2.05, 4.69) is 55.4 Å². The maximum Gasteiger partial charge on any atom is 0.191 e. The molecule has 0 heterocycles. The molecule has 0 radical (unpaired) electrons. The van der Waals surface area contributed by atoms with Crippen molar-refractivity contribution in [1.82, 2.24) is 15.5 Å². The molecule has 0 spiro atoms. The minimum Gasteiger partial charge on any atom is -0.357 e. The fourth-order valence-electron chi connectivity index (χ4n) is 1.56. The van der Waals surface area contributed by atoms with Crippen LogP contribution >= 0.6 is 11.6 Å². The molecule has 0 aliphatic carbocycles. The van der Waals surface area contributed by atoms with E-state index < -0.39 is 0 Å². The van der Waals surface area contributed by atoms with E-state index >= 15 is 0 Å². The molecular weight excluding hydrogens is 284 g/mol. The lowest BCUT2D eigenvalue weighted by Gasteiger charge is -2.33. The Kier molecular flexibility index (Phi) is 6.99. The van der Waals surface area contributed by atoms with Crippen LogP contribution in [0.1, 0.15) is 26.3 Å². The number of guanidine groups is 1. The summed E-state index contributed by atoms with van der Waals surface area (Å²) in [5, 5.41) is 7.42. The van der Waals surface area contributed by atoms with Gasteiger partial charge in [-0.2, -0.15) is 0 Å². The summed E-state index contributed by atoms with van der Waals surface area (Å²) in [4.78, 5) is 6.81. The highest BCUT2D eigenvalue weighted by Crippen LogP contribution is 2.10. The van der Waals surface area contributed by atoms with Gasteiger partial charge in [0.05, 0.1) is 6.54 Å². The third-order valence-electron chi connectivity index (χ3n) is 3.58. The Bertz CT molecular complexity index is 452. The molecule has 5 heteroatoms. The van der Waals surface area contributed by atoms with Gasteiger partial charge >= 0.3 is 0 Å². The number of hydrogen-bond donors (Lipinski definition) is 2. The second-order valence-electron chi connectivity index (χ2n) is 5.88. The molecule has 21 heavy (non-hydrogen) atoms. The van der Waals surface area contributed by atoms with Gasteiger partial charge in [-0.25, -0.2) is 4.99 Å². The van der Waals surface area contributed by atoms with Gasteiger partial charge in [-0.1, -0.05) is 23.7 Å². The predicted molar refractivity (Wildman–Crippen MR) is 92.0 cm³/mol. The second kappa shape index (κ2) is 8.25. The number of benzene rings is 1. The number of nitrogens with one attached hydrogen (secondary N) is 2. The zero-order chi connectivity index (χ0) is 15.9. The van der Waals surface area contributed by atoms with Gasteiger partial charge in [0.1, 0.15) is 0 Å². The minimum atomic E-state index is 0.0659. The van der Waals surface area contributed by atoms with Crippen LogP contribution in [0.3, 0.4) is 0 Å². The van der Waals surface area contributed by atoms with Gasteiger partial charge in [-0.3, -0.25) is 0 Å². The van der Waals surface area contributed by atoms with E-state index in [1.54, 1.807) is 0 Å². The summed E-state index contributed by atoms with van der Waals surface area (Å²) in [5.41, 5.74) is 1.21. The van der Waals surface area contributed by atoms with E-state index in [4.69, 9.17) is 11.6 Å². The zero-order valence-electron chi connectivity index (χ0n) is 13.7. The first kappa shape index (κ1) is 17.8. The lowest BCUT2D eigenvalue weighted by molar-refractivity contribution is 0.197. The number of rotatable bonds is 6. The van der Waals surface area contributed by atoms with E-state index in [0.717, 1.165) is 29.6 Å². The SMILES string of the molecule is CCNC(=NCc1ccc(Cl)cc1)NCC(C)(C)N(C)C. The Morgan fingerprint density at radius 2 is 1.81 bits per heavy atom. The maximum absolute atomic E-state index is 5.89. The molecule has 118 valence electrons. The number of hydrogen-bond acceptors (Lipinski definition) is 2. The summed E-state index contributed by atoms with van der Waals surface area (Å²) in [7, 11) is 4.17. The average molecular weight is 311 g/mol. The summed E-state index contributed by atoms with van der Waals surface area (Å²) in [6.07, 6.45) is 0. The van der Waals surface area contributed by atoms with E-state index in [9.17, 15) is 0 Å². The van der Waals surface area contributed by atoms with Gasteiger partial charge in [0.2, 0.25) is 0 Å². The van der Waals surface area contributed by atoms with Gasteiger partial charge in [0, 0.05) is 23.7 Å². The molecule has 2 N–H and O–H groups in total. The van der Waals surface area contributed by atoms with Crippen molar-refractivity contribution in [2.75, 3.05) is 27.2 Å². The minimum absolute atomic E-state index is 0.0659. The normalized spacial score (nSPS) is 12.6. The molecule has 1 rings (SSSR count). The highest BCUT2D eigenvalue weighted by atomic mass is 35.5. The van der Waals surface area contributed by atoms with Crippen LogP contribution in [0.25, 0.3) is 0 Å². The summed E-state index contributed by atoms with van der Waals surface area (Å²) in [6.45, 7) is 8.76. The van der Waals surface area contributed by atoms with E-state index in [1.165, 1.54) is 0 Å². The van der Waals surface area contributed by atoms with Crippen LogP contribution in [0.5, 0.6) is 0 Å². The van der Waals surface area contributed by atoms with Crippen molar-refractivity contribution in [3.05, 3.63) is 34.9 Å². The van der Waals surface area contributed by atoms with Crippen molar-refractivity contribution in [3.63, 3.8) is 0 Å². The largest absolute Gasteiger partial charge is 0.357 e. The van der Waals surface area contributed by atoms with Crippen LogP contribution in [0.2, 0.25) is 5.02 Å². The van der Waals surface area contributed by atoms with Gasteiger partial charge in [-0.05, 0) is 52.6 Å². The van der Waals surface area contributed by atoms with Gasteiger partial charge in [0.25, 0.3) is 0 Å². The molecule has 0 fully saturated rings. The van der Waals surface area contributed by atoms with Crippen molar-refractivity contribution in [3.8, 4) is 0 Å². The Morgan fingerprint density at radius 3 is 2.33 bits per heavy atom. The molecule has 4 nitrogen and oxygen atoms in total. The van der Waals surface area contributed by atoms with E-state index in [0.29, 0.717) is 6.54 Å². The zero-order valence-corrected chi connectivity index (χ0v) is 14.5. The molecule has 0 unspecified atom stereocenters. The second-order valence-corrected chi connectivity index (χ2v) is 6.32. The van der Waals surface area contributed by atoms with Gasteiger partial charge < -0.3 is 15.5 Å². The Labute approximate surface area is 133 Å². The van der Waals surface area contributed by atoms with Crippen molar-refractivity contribution >= 4 is 17.6 Å². The standard InChI is InChI=1S/C16H27ClN4/c1-6-18-15(20-12-16(2,3)21(4)5)19-11-13-7-9-14(17)10-8-13/h7-10H,6,11-12H2,1-5H3,(H2,18,19,20). The van der Waals surface area contributed by atoms with E-state index in [1.807, 2.05) is 24.3 Å². The third kappa shape index (κ3) is 6.36. The van der Waals surface area contributed by atoms with Crippen LogP contribution in [-0.2, 0) is 6.54 Å². The van der Waals surface area contributed by atoms with Crippen molar-refractivity contribution < 1.29 is 0 Å². The number of nitrogens with zero attached hydrogens (tertiary/aromatic N) is 2. The molecule has 0 bridgehead atoms. The topological polar surface area (TPSA) is 39.7 Å². The monoisotopic (exact) mass is 310 g/mol. The number of aliphatic imine (C=N–C) groups is 1. The first-order chi connectivity index (χ1) is 9.85. The fraction of sp³-hybridized carbons (Fsp3) is 0.562.